The fourth-order valence-corrected chi connectivity index (χ4v) is 0.912. The first-order valence-electron chi connectivity index (χ1n) is 3.61. The molecule has 0 fully saturated rings. The Morgan fingerprint density at radius 3 is 2.15 bits per heavy atom. The molecule has 74 valence electrons. The van der Waals surface area contributed by atoms with Gasteiger partial charge in [-0.2, -0.15) is 0 Å². The van der Waals surface area contributed by atoms with Gasteiger partial charge in [-0.15, -0.1) is 24.8 Å². The van der Waals surface area contributed by atoms with Gasteiger partial charge < -0.3 is 5.73 Å². The maximum absolute atomic E-state index is 10.4. The van der Waals surface area contributed by atoms with Crippen molar-refractivity contribution in [3.8, 4) is 0 Å². The Balaban J connectivity index is 0. The molecule has 0 aliphatic carbocycles. The molecule has 1 rings (SSSR count). The third-order valence-corrected chi connectivity index (χ3v) is 1.50. The molecule has 13 heavy (non-hydrogen) atoms. The van der Waals surface area contributed by atoms with Crippen LogP contribution in [0.2, 0.25) is 0 Å². The summed E-state index contributed by atoms with van der Waals surface area (Å²) >= 11 is 0. The average Bonchev–Trinajstić information content (AvgIpc) is 2.03. The Bertz CT molecular complexity index is 239. The molecule has 4 heteroatoms. The van der Waals surface area contributed by atoms with Gasteiger partial charge in [0.05, 0.1) is 0 Å². The van der Waals surface area contributed by atoms with E-state index in [1.807, 2.05) is 30.3 Å². The average molecular weight is 222 g/mol. The van der Waals surface area contributed by atoms with Crippen LogP contribution in [0.15, 0.2) is 30.3 Å². The third kappa shape index (κ3) is 6.43. The van der Waals surface area contributed by atoms with Gasteiger partial charge in [-0.05, 0) is 12.0 Å². The van der Waals surface area contributed by atoms with Crippen LogP contribution in [0.1, 0.15) is 12.0 Å². The monoisotopic (exact) mass is 221 g/mol. The van der Waals surface area contributed by atoms with Crippen LogP contribution in [0.3, 0.4) is 0 Å². The van der Waals surface area contributed by atoms with E-state index in [-0.39, 0.29) is 30.7 Å². The molecule has 2 nitrogen and oxygen atoms in total. The molecule has 0 saturated heterocycles. The molecule has 0 saturated carbocycles. The van der Waals surface area contributed by atoms with Crippen molar-refractivity contribution in [3.05, 3.63) is 35.9 Å². The van der Waals surface area contributed by atoms with Gasteiger partial charge in [0.1, 0.15) is 0 Å². The van der Waals surface area contributed by atoms with Crippen molar-refractivity contribution < 1.29 is 4.79 Å². The lowest BCUT2D eigenvalue weighted by atomic mass is 10.1. The minimum atomic E-state index is -0.242. The number of hydrogen-bond acceptors (Lipinski definition) is 1. The molecular weight excluding hydrogens is 209 g/mol. The van der Waals surface area contributed by atoms with E-state index in [9.17, 15) is 4.79 Å². The summed E-state index contributed by atoms with van der Waals surface area (Å²) in [5, 5.41) is 0. The number of primary amides is 1. The number of amides is 1. The standard InChI is InChI=1S/C9H11NO.2ClH/c10-9(11)7-6-8-4-2-1-3-5-8;;/h1-5H,6-7H2,(H2,10,11);2*1H. The Kier molecular flexibility index (Phi) is 8.97. The van der Waals surface area contributed by atoms with E-state index < -0.39 is 0 Å². The Morgan fingerprint density at radius 2 is 1.69 bits per heavy atom. The van der Waals surface area contributed by atoms with Crippen molar-refractivity contribution in [2.45, 2.75) is 12.8 Å². The molecule has 0 aromatic heterocycles. The highest BCUT2D eigenvalue weighted by molar-refractivity contribution is 5.85. The van der Waals surface area contributed by atoms with E-state index in [4.69, 9.17) is 5.73 Å². The van der Waals surface area contributed by atoms with Gasteiger partial charge in [0.25, 0.3) is 0 Å². The predicted molar refractivity (Wildman–Crippen MR) is 58.5 cm³/mol. The number of carbonyl (C=O) groups excluding carboxylic acids is 1. The Hall–Kier alpha value is -0.730. The number of halogens is 2. The Morgan fingerprint density at radius 1 is 1.15 bits per heavy atom. The van der Waals surface area contributed by atoms with E-state index in [0.29, 0.717) is 6.42 Å². The van der Waals surface area contributed by atoms with E-state index in [2.05, 4.69) is 0 Å². The maximum atomic E-state index is 10.4. The number of carbonyl (C=O) groups is 1. The summed E-state index contributed by atoms with van der Waals surface area (Å²) in [5.41, 5.74) is 6.16. The van der Waals surface area contributed by atoms with Crippen molar-refractivity contribution in [2.75, 3.05) is 0 Å². The second kappa shape index (κ2) is 7.90. The highest BCUT2D eigenvalue weighted by atomic mass is 35.5. The maximum Gasteiger partial charge on any atom is 0.217 e. The zero-order valence-corrected chi connectivity index (χ0v) is 8.74. The summed E-state index contributed by atoms with van der Waals surface area (Å²) in [6.07, 6.45) is 1.18. The predicted octanol–water partition coefficient (Wildman–Crippen LogP) is 1.95. The summed E-state index contributed by atoms with van der Waals surface area (Å²) in [7, 11) is 0. The molecule has 0 radical (unpaired) electrons. The molecule has 1 amide bonds. The lowest BCUT2D eigenvalue weighted by Gasteiger charge is -1.96. The van der Waals surface area contributed by atoms with Gasteiger partial charge in [-0.1, -0.05) is 30.3 Å². The minimum Gasteiger partial charge on any atom is -0.370 e. The first-order valence-corrected chi connectivity index (χ1v) is 3.61. The number of benzene rings is 1. The van der Waals surface area contributed by atoms with E-state index in [0.717, 1.165) is 12.0 Å². The van der Waals surface area contributed by atoms with Gasteiger partial charge in [0, 0.05) is 6.42 Å². The number of aryl methyl sites for hydroxylation is 1. The quantitative estimate of drug-likeness (QED) is 0.834. The van der Waals surface area contributed by atoms with E-state index in [1.54, 1.807) is 0 Å². The topological polar surface area (TPSA) is 43.1 Å². The molecule has 1 aromatic rings. The van der Waals surface area contributed by atoms with Crippen LogP contribution < -0.4 is 5.73 Å². The van der Waals surface area contributed by atoms with Crippen LogP contribution in [0.5, 0.6) is 0 Å². The molecule has 0 aliphatic heterocycles. The number of nitrogens with two attached hydrogens (primary N) is 1. The fourth-order valence-electron chi connectivity index (χ4n) is 0.912. The van der Waals surface area contributed by atoms with Crippen LogP contribution in [0, 0.1) is 0 Å². The van der Waals surface area contributed by atoms with Crippen molar-refractivity contribution in [3.63, 3.8) is 0 Å². The summed E-state index contributed by atoms with van der Waals surface area (Å²) in [4.78, 5) is 10.4. The minimum absolute atomic E-state index is 0. The molecule has 2 N–H and O–H groups in total. The second-order valence-corrected chi connectivity index (χ2v) is 2.45. The van der Waals surface area contributed by atoms with Crippen molar-refractivity contribution >= 4 is 30.7 Å². The Labute approximate surface area is 90.3 Å². The zero-order chi connectivity index (χ0) is 8.10. The summed E-state index contributed by atoms with van der Waals surface area (Å²) in [6.45, 7) is 0. The molecule has 0 aliphatic rings. The van der Waals surface area contributed by atoms with Crippen LogP contribution >= 0.6 is 24.8 Å². The SMILES string of the molecule is Cl.Cl.NC(=O)CCc1ccccc1. The largest absolute Gasteiger partial charge is 0.370 e. The molecular formula is C9H13Cl2NO. The van der Waals surface area contributed by atoms with Crippen LogP contribution in [0.25, 0.3) is 0 Å². The van der Waals surface area contributed by atoms with Gasteiger partial charge >= 0.3 is 0 Å². The highest BCUT2D eigenvalue weighted by Gasteiger charge is 1.94. The molecule has 0 heterocycles. The normalized spacial score (nSPS) is 8.00. The van der Waals surface area contributed by atoms with Crippen LogP contribution in [-0.2, 0) is 11.2 Å². The van der Waals surface area contributed by atoms with Gasteiger partial charge in [0.15, 0.2) is 0 Å². The summed E-state index contributed by atoms with van der Waals surface area (Å²) in [6, 6.07) is 9.84. The summed E-state index contributed by atoms with van der Waals surface area (Å²) in [5.74, 6) is -0.242. The highest BCUT2D eigenvalue weighted by Crippen LogP contribution is 2.00. The first kappa shape index (κ1) is 14.8. The van der Waals surface area contributed by atoms with Crippen LogP contribution in [0.4, 0.5) is 0 Å². The fraction of sp³-hybridized carbons (Fsp3) is 0.222. The van der Waals surface area contributed by atoms with Gasteiger partial charge in [-0.3, -0.25) is 4.79 Å². The number of hydrogen-bond donors (Lipinski definition) is 1. The zero-order valence-electron chi connectivity index (χ0n) is 7.10. The lowest BCUT2D eigenvalue weighted by Crippen LogP contribution is -2.10. The smallest absolute Gasteiger partial charge is 0.217 e. The third-order valence-electron chi connectivity index (χ3n) is 1.50. The van der Waals surface area contributed by atoms with Crippen LogP contribution in [-0.4, -0.2) is 5.91 Å². The van der Waals surface area contributed by atoms with Gasteiger partial charge in [0.2, 0.25) is 5.91 Å². The molecule has 0 atom stereocenters. The molecule has 0 spiro atoms. The molecule has 1 aromatic carbocycles. The van der Waals surface area contributed by atoms with E-state index in [1.165, 1.54) is 0 Å². The van der Waals surface area contributed by atoms with Crippen molar-refractivity contribution in [1.82, 2.24) is 0 Å². The van der Waals surface area contributed by atoms with Crippen molar-refractivity contribution in [2.24, 2.45) is 5.73 Å². The second-order valence-electron chi connectivity index (χ2n) is 2.45. The summed E-state index contributed by atoms with van der Waals surface area (Å²) < 4.78 is 0. The lowest BCUT2D eigenvalue weighted by molar-refractivity contribution is -0.117. The van der Waals surface area contributed by atoms with Crippen molar-refractivity contribution in [1.29, 1.82) is 0 Å². The molecule has 0 bridgehead atoms. The first-order chi connectivity index (χ1) is 5.29. The van der Waals surface area contributed by atoms with Gasteiger partial charge in [-0.25, -0.2) is 0 Å². The molecule has 0 unspecified atom stereocenters. The number of rotatable bonds is 3. The van der Waals surface area contributed by atoms with E-state index >= 15 is 0 Å².